The lowest BCUT2D eigenvalue weighted by Gasteiger charge is -2.45. The lowest BCUT2D eigenvalue weighted by Crippen LogP contribution is -2.55. The molecule has 2 amide bonds. The van der Waals surface area contributed by atoms with Gasteiger partial charge in [-0.3, -0.25) is 9.69 Å². The average molecular weight is 366 g/mol. The molecule has 1 aromatic rings. The van der Waals surface area contributed by atoms with Gasteiger partial charge in [0.1, 0.15) is 5.75 Å². The zero-order chi connectivity index (χ0) is 18.6. The zero-order valence-corrected chi connectivity index (χ0v) is 15.5. The van der Waals surface area contributed by atoms with Crippen LogP contribution in [-0.4, -0.2) is 48.7 Å². The number of carbonyl (C=O) groups is 2. The number of nitrogens with zero attached hydrogens (tertiary/aromatic N) is 2. The summed E-state index contributed by atoms with van der Waals surface area (Å²) in [5.41, 5.74) is 1.64. The maximum Gasteiger partial charge on any atom is 0.414 e. The van der Waals surface area contributed by atoms with Gasteiger partial charge < -0.3 is 14.4 Å². The third-order valence-corrected chi connectivity index (χ3v) is 8.11. The Labute approximate surface area is 157 Å². The van der Waals surface area contributed by atoms with E-state index in [0.29, 0.717) is 5.92 Å². The lowest BCUT2D eigenvalue weighted by molar-refractivity contribution is -0.129. The van der Waals surface area contributed by atoms with Crippen LogP contribution in [0.25, 0.3) is 0 Å². The van der Waals surface area contributed by atoms with Crippen molar-refractivity contribution in [1.29, 1.82) is 0 Å². The van der Waals surface area contributed by atoms with Crippen LogP contribution in [-0.2, 0) is 14.9 Å². The number of ether oxygens (including phenoxy) is 2. The molecule has 6 nitrogen and oxygen atoms in total. The molecule has 0 aromatic heterocycles. The Kier molecular flexibility index (Phi) is 2.58. The van der Waals surface area contributed by atoms with E-state index in [2.05, 4.69) is 17.0 Å². The van der Waals surface area contributed by atoms with E-state index in [1.54, 1.807) is 13.2 Å². The van der Waals surface area contributed by atoms with Crippen molar-refractivity contribution in [1.82, 2.24) is 4.90 Å². The van der Waals surface area contributed by atoms with Crippen molar-refractivity contribution in [3.8, 4) is 5.75 Å². The molecule has 2 aliphatic carbocycles. The minimum Gasteiger partial charge on any atom is -0.497 e. The van der Waals surface area contributed by atoms with Crippen LogP contribution in [0.3, 0.4) is 0 Å². The van der Waals surface area contributed by atoms with Gasteiger partial charge in [-0.2, -0.15) is 0 Å². The summed E-state index contributed by atoms with van der Waals surface area (Å²) in [6.45, 7) is 0.732. The summed E-state index contributed by atoms with van der Waals surface area (Å²) < 4.78 is 10.7. The maximum atomic E-state index is 12.8. The normalized spacial score (nSPS) is 39.5. The number of rotatable bonds is 1. The van der Waals surface area contributed by atoms with Crippen LogP contribution in [0.15, 0.2) is 30.4 Å². The molecule has 3 aliphatic heterocycles. The minimum absolute atomic E-state index is 0.104. The number of hydrogen-bond donors (Lipinski definition) is 0. The third kappa shape index (κ3) is 1.42. The van der Waals surface area contributed by atoms with Gasteiger partial charge in [-0.25, -0.2) is 4.79 Å². The smallest absolute Gasteiger partial charge is 0.414 e. The minimum atomic E-state index is -0.280. The van der Waals surface area contributed by atoms with Crippen LogP contribution in [0.5, 0.6) is 5.75 Å². The van der Waals surface area contributed by atoms with E-state index in [0.717, 1.165) is 43.7 Å². The molecule has 27 heavy (non-hydrogen) atoms. The van der Waals surface area contributed by atoms with Crippen molar-refractivity contribution in [2.75, 3.05) is 25.7 Å². The molecular weight excluding hydrogens is 344 g/mol. The van der Waals surface area contributed by atoms with E-state index in [-0.39, 0.29) is 28.5 Å². The van der Waals surface area contributed by atoms with Gasteiger partial charge in [-0.05, 0) is 55.4 Å². The number of amides is 2. The Morgan fingerprint density at radius 3 is 2.85 bits per heavy atom. The highest BCUT2D eigenvalue weighted by Gasteiger charge is 2.87. The molecule has 6 heteroatoms. The van der Waals surface area contributed by atoms with E-state index in [1.807, 2.05) is 17.0 Å². The van der Waals surface area contributed by atoms with Crippen molar-refractivity contribution < 1.29 is 19.1 Å². The first-order chi connectivity index (χ1) is 13.0. The van der Waals surface area contributed by atoms with Gasteiger partial charge in [-0.15, -0.1) is 0 Å². The van der Waals surface area contributed by atoms with Crippen LogP contribution in [0, 0.1) is 5.92 Å². The zero-order valence-electron chi connectivity index (χ0n) is 15.5. The van der Waals surface area contributed by atoms with Gasteiger partial charge in [0.2, 0.25) is 5.91 Å². The molecule has 140 valence electrons. The molecule has 3 spiro atoms. The number of hydrogen-bond acceptors (Lipinski definition) is 4. The van der Waals surface area contributed by atoms with Crippen molar-refractivity contribution >= 4 is 17.7 Å². The number of fused-ring (bicyclic) bond motifs is 1. The predicted molar refractivity (Wildman–Crippen MR) is 97.8 cm³/mol. The van der Waals surface area contributed by atoms with Crippen LogP contribution < -0.4 is 9.64 Å². The Morgan fingerprint density at radius 1 is 1.22 bits per heavy atom. The number of anilines is 1. The molecule has 1 aromatic carbocycles. The molecular formula is C21H22N2O4. The summed E-state index contributed by atoms with van der Waals surface area (Å²) in [6.07, 6.45) is 7.15. The van der Waals surface area contributed by atoms with Crippen LogP contribution >= 0.6 is 0 Å². The van der Waals surface area contributed by atoms with E-state index in [1.165, 1.54) is 12.7 Å². The van der Waals surface area contributed by atoms with Crippen molar-refractivity contribution in [2.24, 2.45) is 5.92 Å². The Balaban J connectivity index is 1.56. The van der Waals surface area contributed by atoms with Gasteiger partial charge in [0.15, 0.2) is 0 Å². The Bertz CT molecular complexity index is 942. The monoisotopic (exact) mass is 366 g/mol. The molecule has 3 fully saturated rings. The largest absolute Gasteiger partial charge is 0.497 e. The Hall–Kier alpha value is -2.50. The third-order valence-electron chi connectivity index (χ3n) is 8.11. The van der Waals surface area contributed by atoms with E-state index in [4.69, 9.17) is 9.47 Å². The SMILES string of the molecule is COC(=O)N1c2ccc(OC)cc2[C@]23CCN4C(=O)C=C[C@]45CC[C@]12C3C5. The molecule has 0 radical (unpaired) electrons. The number of methoxy groups -OCH3 is 2. The van der Waals surface area contributed by atoms with Crippen LogP contribution in [0.2, 0.25) is 0 Å². The number of carbonyl (C=O) groups excluding carboxylic acids is 2. The quantitative estimate of drug-likeness (QED) is 0.767. The first kappa shape index (κ1) is 15.5. The molecule has 0 N–H and O–H groups in total. The van der Waals surface area contributed by atoms with Gasteiger partial charge >= 0.3 is 6.09 Å². The summed E-state index contributed by atoms with van der Waals surface area (Å²) in [4.78, 5) is 29.3. The molecule has 1 saturated heterocycles. The topological polar surface area (TPSA) is 59.1 Å². The fourth-order valence-electron chi connectivity index (χ4n) is 7.09. The van der Waals surface area contributed by atoms with Crippen molar-refractivity contribution in [3.63, 3.8) is 0 Å². The summed E-state index contributed by atoms with van der Waals surface area (Å²) in [5.74, 6) is 1.29. The summed E-state index contributed by atoms with van der Waals surface area (Å²) >= 11 is 0. The highest BCUT2D eigenvalue weighted by Crippen LogP contribution is 2.81. The fraction of sp³-hybridized carbons (Fsp3) is 0.524. The fourth-order valence-corrected chi connectivity index (χ4v) is 7.09. The molecule has 1 unspecified atom stereocenters. The molecule has 2 saturated carbocycles. The average Bonchev–Trinajstić information content (AvgIpc) is 3.09. The molecule has 5 aliphatic rings. The van der Waals surface area contributed by atoms with Crippen molar-refractivity contribution in [2.45, 2.75) is 42.2 Å². The van der Waals surface area contributed by atoms with Crippen LogP contribution in [0.4, 0.5) is 10.5 Å². The first-order valence-corrected chi connectivity index (χ1v) is 9.62. The van der Waals surface area contributed by atoms with Gasteiger partial charge in [-0.1, -0.05) is 6.08 Å². The standard InChI is InChI=1S/C21H22N2O4/c1-26-13-3-4-15-14(11-13)20-9-10-22-17(24)5-6-19(22)7-8-21(20,16(20)12-19)23(15)18(25)27-2/h3-6,11,16H,7-10,12H2,1-2H3/t16?,19-,20+,21-/m1/s1. The van der Waals surface area contributed by atoms with E-state index >= 15 is 0 Å². The second-order valence-electron chi connectivity index (χ2n) is 8.52. The van der Waals surface area contributed by atoms with E-state index in [9.17, 15) is 9.59 Å². The maximum absolute atomic E-state index is 12.8. The van der Waals surface area contributed by atoms with Crippen LogP contribution in [0.1, 0.15) is 31.2 Å². The van der Waals surface area contributed by atoms with Gasteiger partial charge in [0.25, 0.3) is 0 Å². The lowest BCUT2D eigenvalue weighted by atomic mass is 9.78. The highest BCUT2D eigenvalue weighted by molar-refractivity contribution is 5.98. The van der Waals surface area contributed by atoms with Gasteiger partial charge in [0.05, 0.1) is 31.0 Å². The first-order valence-electron chi connectivity index (χ1n) is 9.62. The molecule has 6 rings (SSSR count). The predicted octanol–water partition coefficient (Wildman–Crippen LogP) is 2.61. The molecule has 2 bridgehead atoms. The Morgan fingerprint density at radius 2 is 2.07 bits per heavy atom. The second kappa shape index (κ2) is 4.49. The highest BCUT2D eigenvalue weighted by atomic mass is 16.5. The summed E-state index contributed by atoms with van der Waals surface area (Å²) in [6, 6.07) is 5.99. The van der Waals surface area contributed by atoms with Crippen molar-refractivity contribution in [3.05, 3.63) is 35.9 Å². The molecule has 4 atom stereocenters. The number of benzene rings is 1. The van der Waals surface area contributed by atoms with Gasteiger partial charge in [0, 0.05) is 18.0 Å². The summed E-state index contributed by atoms with van der Waals surface area (Å²) in [5, 5.41) is 0. The summed E-state index contributed by atoms with van der Waals surface area (Å²) in [7, 11) is 3.12. The molecule has 3 heterocycles. The van der Waals surface area contributed by atoms with E-state index < -0.39 is 0 Å². The second-order valence-corrected chi connectivity index (χ2v) is 8.52.